The summed E-state index contributed by atoms with van der Waals surface area (Å²) in [5.74, 6) is 1.99. The molecule has 0 N–H and O–H groups in total. The Morgan fingerprint density at radius 2 is 1.07 bits per heavy atom. The number of halogens is 2. The van der Waals surface area contributed by atoms with Gasteiger partial charge in [-0.3, -0.25) is 0 Å². The second-order valence-corrected chi connectivity index (χ2v) is 8.32. The van der Waals surface area contributed by atoms with E-state index in [1.807, 2.05) is 0 Å². The van der Waals surface area contributed by atoms with E-state index in [2.05, 4.69) is 68.3 Å². The van der Waals surface area contributed by atoms with Gasteiger partial charge in [0, 0.05) is 10.7 Å². The Kier molecular flexibility index (Phi) is 10.3. The van der Waals surface area contributed by atoms with Crippen molar-refractivity contribution >= 4 is 31.9 Å². The summed E-state index contributed by atoms with van der Waals surface area (Å²) in [6.45, 7) is 0. The number of benzene rings is 2. The smallest absolute Gasteiger partial charge is 0.122 e. The van der Waals surface area contributed by atoms with E-state index in [4.69, 9.17) is 9.47 Å². The van der Waals surface area contributed by atoms with Crippen molar-refractivity contribution in [3.8, 4) is 11.5 Å². The molecule has 0 spiro atoms. The zero-order valence-corrected chi connectivity index (χ0v) is 19.6. The Morgan fingerprint density at radius 3 is 1.44 bits per heavy atom. The van der Waals surface area contributed by atoms with E-state index in [1.54, 1.807) is 14.2 Å². The van der Waals surface area contributed by atoms with Crippen LogP contribution in [0.1, 0.15) is 41.5 Å². The first-order valence-electron chi connectivity index (χ1n) is 9.65. The molecule has 0 heterocycles. The van der Waals surface area contributed by atoms with E-state index in [-0.39, 0.29) is 0 Å². The zero-order chi connectivity index (χ0) is 19.5. The second-order valence-electron chi connectivity index (χ2n) is 6.73. The summed E-state index contributed by atoms with van der Waals surface area (Å²) in [7, 11) is 3.51. The first-order chi connectivity index (χ1) is 13.2. The molecule has 2 aromatic rings. The first-order valence-corrected chi connectivity index (χ1v) is 11.9. The molecular formula is C23H30Br2O2. The highest BCUT2D eigenvalue weighted by atomic mass is 79.9. The van der Waals surface area contributed by atoms with Gasteiger partial charge in [0.15, 0.2) is 0 Å². The zero-order valence-electron chi connectivity index (χ0n) is 16.4. The van der Waals surface area contributed by atoms with E-state index in [1.165, 1.54) is 22.3 Å². The maximum absolute atomic E-state index is 5.58. The predicted molar refractivity (Wildman–Crippen MR) is 122 cm³/mol. The number of methoxy groups -OCH3 is 2. The fraction of sp³-hybridized carbons (Fsp3) is 0.478. The van der Waals surface area contributed by atoms with E-state index < -0.39 is 0 Å². The van der Waals surface area contributed by atoms with Crippen molar-refractivity contribution < 1.29 is 9.47 Å². The maximum Gasteiger partial charge on any atom is 0.122 e. The third kappa shape index (κ3) is 7.15. The van der Waals surface area contributed by atoms with Gasteiger partial charge < -0.3 is 9.47 Å². The monoisotopic (exact) mass is 496 g/mol. The van der Waals surface area contributed by atoms with Gasteiger partial charge in [0.25, 0.3) is 0 Å². The van der Waals surface area contributed by atoms with Gasteiger partial charge in [-0.05, 0) is 79.3 Å². The Bertz CT molecular complexity index is 641. The number of rotatable bonds is 12. The largest absolute Gasteiger partial charge is 0.496 e. The summed E-state index contributed by atoms with van der Waals surface area (Å²) in [6.07, 6.45) is 7.63. The van der Waals surface area contributed by atoms with Gasteiger partial charge >= 0.3 is 0 Å². The molecule has 0 saturated heterocycles. The van der Waals surface area contributed by atoms with Crippen LogP contribution in [0, 0.1) is 0 Å². The van der Waals surface area contributed by atoms with Crippen LogP contribution in [-0.2, 0) is 25.7 Å². The first kappa shape index (κ1) is 22.3. The Hall–Kier alpha value is -1.00. The molecule has 0 fully saturated rings. The van der Waals surface area contributed by atoms with Crippen molar-refractivity contribution in [1.29, 1.82) is 0 Å². The van der Waals surface area contributed by atoms with Crippen LogP contribution in [0.5, 0.6) is 11.5 Å². The van der Waals surface area contributed by atoms with Crippen LogP contribution in [0.15, 0.2) is 36.4 Å². The van der Waals surface area contributed by atoms with Gasteiger partial charge in [0.1, 0.15) is 11.5 Å². The number of aryl methyl sites for hydroxylation is 4. The molecule has 0 aromatic heterocycles. The fourth-order valence-corrected chi connectivity index (χ4v) is 3.94. The standard InChI is InChI=1S/C23H30Br2O2/c1-26-22-12-10-18(6-4-14-24)16-20(22)8-3-9-21-17-19(7-5-15-25)11-13-23(21)27-2/h10-13,16-17H,3-9,14-15H2,1-2H3. The molecule has 0 aliphatic carbocycles. The van der Waals surface area contributed by atoms with Crippen LogP contribution in [-0.4, -0.2) is 24.9 Å². The lowest BCUT2D eigenvalue weighted by atomic mass is 9.98. The Labute approximate surface area is 180 Å². The maximum atomic E-state index is 5.58. The summed E-state index contributed by atoms with van der Waals surface area (Å²) in [4.78, 5) is 0. The fourth-order valence-electron chi connectivity index (χ4n) is 3.38. The van der Waals surface area contributed by atoms with E-state index in [0.29, 0.717) is 0 Å². The predicted octanol–water partition coefficient (Wildman–Crippen LogP) is 6.53. The molecule has 0 atom stereocenters. The van der Waals surface area contributed by atoms with Crippen molar-refractivity contribution in [2.75, 3.05) is 24.9 Å². The second kappa shape index (κ2) is 12.5. The molecule has 2 aromatic carbocycles. The molecule has 0 aliphatic rings. The number of ether oxygens (including phenoxy) is 2. The highest BCUT2D eigenvalue weighted by molar-refractivity contribution is 9.09. The number of alkyl halides is 2. The van der Waals surface area contributed by atoms with E-state index in [0.717, 1.165) is 67.1 Å². The van der Waals surface area contributed by atoms with E-state index >= 15 is 0 Å². The summed E-state index contributed by atoms with van der Waals surface area (Å²) in [5.41, 5.74) is 5.39. The minimum atomic E-state index is 0.996. The van der Waals surface area contributed by atoms with Crippen LogP contribution in [0.4, 0.5) is 0 Å². The molecule has 0 bridgehead atoms. The van der Waals surface area contributed by atoms with Gasteiger partial charge in [0.2, 0.25) is 0 Å². The molecule has 2 rings (SSSR count). The highest BCUT2D eigenvalue weighted by Gasteiger charge is 2.08. The molecule has 0 saturated carbocycles. The van der Waals surface area contributed by atoms with Crippen LogP contribution in [0.3, 0.4) is 0 Å². The summed E-state index contributed by atoms with van der Waals surface area (Å²) in [5, 5.41) is 2.08. The molecule has 4 heteroatoms. The SMILES string of the molecule is COc1ccc(CCCBr)cc1CCCc1cc(CCCBr)ccc1OC. The van der Waals surface area contributed by atoms with Crippen molar-refractivity contribution in [3.05, 3.63) is 58.7 Å². The number of hydrogen-bond donors (Lipinski definition) is 0. The molecule has 0 radical (unpaired) electrons. The Morgan fingerprint density at radius 1 is 0.630 bits per heavy atom. The third-order valence-electron chi connectivity index (χ3n) is 4.78. The van der Waals surface area contributed by atoms with Crippen LogP contribution in [0.25, 0.3) is 0 Å². The minimum absolute atomic E-state index is 0.996. The summed E-state index contributed by atoms with van der Waals surface area (Å²) < 4.78 is 11.2. The third-order valence-corrected chi connectivity index (χ3v) is 5.90. The molecule has 0 amide bonds. The lowest BCUT2D eigenvalue weighted by molar-refractivity contribution is 0.406. The van der Waals surface area contributed by atoms with Gasteiger partial charge in [0.05, 0.1) is 14.2 Å². The van der Waals surface area contributed by atoms with Crippen LogP contribution < -0.4 is 9.47 Å². The normalized spacial score (nSPS) is 10.8. The summed E-state index contributed by atoms with van der Waals surface area (Å²) >= 11 is 7.03. The molecule has 27 heavy (non-hydrogen) atoms. The van der Waals surface area contributed by atoms with Crippen molar-refractivity contribution in [3.63, 3.8) is 0 Å². The lowest BCUT2D eigenvalue weighted by Gasteiger charge is -2.13. The average Bonchev–Trinajstić information content (AvgIpc) is 2.71. The molecule has 148 valence electrons. The highest BCUT2D eigenvalue weighted by Crippen LogP contribution is 2.26. The van der Waals surface area contributed by atoms with Gasteiger partial charge in [-0.1, -0.05) is 56.1 Å². The average molecular weight is 498 g/mol. The van der Waals surface area contributed by atoms with Gasteiger partial charge in [-0.15, -0.1) is 0 Å². The van der Waals surface area contributed by atoms with Crippen LogP contribution >= 0.6 is 31.9 Å². The van der Waals surface area contributed by atoms with E-state index in [9.17, 15) is 0 Å². The molecule has 0 aliphatic heterocycles. The van der Waals surface area contributed by atoms with Crippen molar-refractivity contribution in [1.82, 2.24) is 0 Å². The van der Waals surface area contributed by atoms with Gasteiger partial charge in [-0.25, -0.2) is 0 Å². The van der Waals surface area contributed by atoms with Crippen LogP contribution in [0.2, 0.25) is 0 Å². The molecule has 2 nitrogen and oxygen atoms in total. The minimum Gasteiger partial charge on any atom is -0.496 e. The molecular weight excluding hydrogens is 468 g/mol. The quantitative estimate of drug-likeness (QED) is 0.310. The van der Waals surface area contributed by atoms with Crippen molar-refractivity contribution in [2.45, 2.75) is 44.9 Å². The summed E-state index contributed by atoms with van der Waals surface area (Å²) in [6, 6.07) is 13.2. The Balaban J connectivity index is 2.04. The van der Waals surface area contributed by atoms with Crippen molar-refractivity contribution in [2.24, 2.45) is 0 Å². The lowest BCUT2D eigenvalue weighted by Crippen LogP contribution is -1.99. The topological polar surface area (TPSA) is 18.5 Å². The number of hydrogen-bond acceptors (Lipinski definition) is 2. The molecule has 0 unspecified atom stereocenters. The van der Waals surface area contributed by atoms with Gasteiger partial charge in [-0.2, -0.15) is 0 Å².